The van der Waals surface area contributed by atoms with Crippen molar-refractivity contribution in [3.63, 3.8) is 0 Å². The minimum absolute atomic E-state index is 0.0471. The van der Waals surface area contributed by atoms with E-state index in [1.54, 1.807) is 7.11 Å². The second-order valence-corrected chi connectivity index (χ2v) is 10.0. The van der Waals surface area contributed by atoms with Crippen molar-refractivity contribution in [1.82, 2.24) is 15.6 Å². The highest BCUT2D eigenvalue weighted by Crippen LogP contribution is 2.31. The Morgan fingerprint density at radius 1 is 1.09 bits per heavy atom. The number of nitrogens with zero attached hydrogens (tertiary/aromatic N) is 1. The number of unbranched alkanes of at least 4 members (excludes halogenated alkanes) is 1. The number of carboxylic acids is 1. The summed E-state index contributed by atoms with van der Waals surface area (Å²) >= 11 is 0. The van der Waals surface area contributed by atoms with Crippen LogP contribution in [0.25, 0.3) is 10.9 Å². The Bertz CT molecular complexity index is 990. The van der Waals surface area contributed by atoms with Gasteiger partial charge in [0.15, 0.2) is 0 Å². The Morgan fingerprint density at radius 2 is 1.77 bits per heavy atom. The zero-order valence-corrected chi connectivity index (χ0v) is 21.6. The molecule has 0 aliphatic carbocycles. The highest BCUT2D eigenvalue weighted by Gasteiger charge is 2.18. The largest absolute Gasteiger partial charge is 0.497 e. The van der Waals surface area contributed by atoms with Gasteiger partial charge >= 0.3 is 12.0 Å². The molecule has 0 fully saturated rings. The zero-order valence-electron chi connectivity index (χ0n) is 21.6. The summed E-state index contributed by atoms with van der Waals surface area (Å²) in [6.45, 7) is 9.62. The quantitative estimate of drug-likeness (QED) is 0.269. The van der Waals surface area contributed by atoms with Crippen LogP contribution in [0.3, 0.4) is 0 Å². The average Bonchev–Trinajstić information content (AvgIpc) is 2.80. The Morgan fingerprint density at radius 3 is 2.40 bits per heavy atom. The number of methoxy groups -OCH3 is 1. The van der Waals surface area contributed by atoms with Crippen LogP contribution in [-0.4, -0.2) is 54.4 Å². The number of rotatable bonds is 13. The first-order valence-corrected chi connectivity index (χ1v) is 12.3. The number of pyridine rings is 1. The smallest absolute Gasteiger partial charge is 0.320 e. The predicted molar refractivity (Wildman–Crippen MR) is 140 cm³/mol. The molecule has 2 aromatic rings. The number of aliphatic carboxylic acids is 1. The minimum atomic E-state index is -0.995. The molecule has 2 atom stereocenters. The van der Waals surface area contributed by atoms with Gasteiger partial charge in [-0.2, -0.15) is 0 Å². The molecule has 0 aliphatic rings. The molecular weight excluding hydrogens is 446 g/mol. The number of nitrogens with one attached hydrogen (secondary N) is 3. The van der Waals surface area contributed by atoms with Crippen molar-refractivity contribution in [2.75, 3.05) is 25.5 Å². The summed E-state index contributed by atoms with van der Waals surface area (Å²) in [4.78, 5) is 27.6. The highest BCUT2D eigenvalue weighted by molar-refractivity contribution is 5.92. The van der Waals surface area contributed by atoms with E-state index in [1.807, 2.05) is 12.1 Å². The number of hydrogen-bond donors (Lipinski definition) is 5. The van der Waals surface area contributed by atoms with Crippen LogP contribution in [0.5, 0.6) is 5.75 Å². The molecule has 1 aromatic heterocycles. The van der Waals surface area contributed by atoms with E-state index in [4.69, 9.17) is 20.6 Å². The lowest BCUT2D eigenvalue weighted by Gasteiger charge is -2.21. The van der Waals surface area contributed by atoms with Gasteiger partial charge in [0.1, 0.15) is 11.8 Å². The number of carbonyl (C=O) groups excluding carboxylic acids is 1. The summed E-state index contributed by atoms with van der Waals surface area (Å²) in [7, 11) is 1.66. The van der Waals surface area contributed by atoms with Gasteiger partial charge in [-0.05, 0) is 51.2 Å². The maximum absolute atomic E-state index is 11.9. The van der Waals surface area contributed by atoms with Crippen molar-refractivity contribution in [2.24, 2.45) is 5.73 Å². The second-order valence-electron chi connectivity index (χ2n) is 10.0. The molecule has 0 saturated carbocycles. The van der Waals surface area contributed by atoms with E-state index in [-0.39, 0.29) is 17.5 Å². The van der Waals surface area contributed by atoms with E-state index in [1.165, 1.54) is 0 Å². The molecule has 9 nitrogen and oxygen atoms in total. The molecule has 6 N–H and O–H groups in total. The lowest BCUT2D eigenvalue weighted by Crippen LogP contribution is -2.37. The van der Waals surface area contributed by atoms with Crippen LogP contribution in [0, 0.1) is 0 Å². The molecular formula is C26H41N5O4. The number of benzene rings is 1. The second kappa shape index (κ2) is 13.1. The minimum Gasteiger partial charge on any atom is -0.497 e. The number of anilines is 1. The SMILES string of the molecule is COc1cc(NC(C)CCCNC(=O)NCCCC[C@H](N)C(=O)O)c2nc(C(C)(C)C)ccc2c1. The predicted octanol–water partition coefficient (Wildman–Crippen LogP) is 4.00. The molecule has 0 bridgehead atoms. The zero-order chi connectivity index (χ0) is 26.0. The van der Waals surface area contributed by atoms with Crippen LogP contribution in [-0.2, 0) is 10.2 Å². The Kier molecular flexibility index (Phi) is 10.6. The van der Waals surface area contributed by atoms with Crippen molar-refractivity contribution in [3.8, 4) is 5.75 Å². The van der Waals surface area contributed by atoms with E-state index in [0.29, 0.717) is 32.4 Å². The van der Waals surface area contributed by atoms with Gasteiger partial charge in [-0.1, -0.05) is 26.8 Å². The molecule has 0 aliphatic heterocycles. The molecule has 0 saturated heterocycles. The fourth-order valence-electron chi connectivity index (χ4n) is 3.68. The molecule has 2 rings (SSSR count). The Labute approximate surface area is 208 Å². The van der Waals surface area contributed by atoms with Gasteiger partial charge in [0.05, 0.1) is 18.3 Å². The highest BCUT2D eigenvalue weighted by atomic mass is 16.5. The lowest BCUT2D eigenvalue weighted by molar-refractivity contribution is -0.138. The van der Waals surface area contributed by atoms with Crippen LogP contribution in [0.4, 0.5) is 10.5 Å². The number of ether oxygens (including phenoxy) is 1. The Hall–Kier alpha value is -3.07. The standard InChI is InChI=1S/C26H41N5O4/c1-17(9-8-14-29-25(34)28-13-7-6-10-20(27)24(32)33)30-21-16-19(35-5)15-18-11-12-22(26(2,3)4)31-23(18)21/h11-12,15-17,20,30H,6-10,13-14,27H2,1-5H3,(H,32,33)(H2,28,29,34)/t17?,20-/m0/s1. The van der Waals surface area contributed by atoms with Crippen LogP contribution < -0.4 is 26.4 Å². The van der Waals surface area contributed by atoms with Crippen molar-refractivity contribution in [1.29, 1.82) is 0 Å². The fourth-order valence-corrected chi connectivity index (χ4v) is 3.68. The number of nitrogens with two attached hydrogens (primary N) is 1. The first kappa shape index (κ1) is 28.2. The number of amides is 2. The number of urea groups is 1. The topological polar surface area (TPSA) is 139 Å². The van der Waals surface area contributed by atoms with Crippen molar-refractivity contribution in [2.45, 2.75) is 77.3 Å². The van der Waals surface area contributed by atoms with Gasteiger partial charge in [0.2, 0.25) is 0 Å². The molecule has 1 aromatic carbocycles. The van der Waals surface area contributed by atoms with Gasteiger partial charge in [0.25, 0.3) is 0 Å². The van der Waals surface area contributed by atoms with Gasteiger partial charge in [0, 0.05) is 41.7 Å². The Balaban J connectivity index is 1.80. The number of hydrogen-bond acceptors (Lipinski definition) is 6. The van der Waals surface area contributed by atoms with E-state index in [0.717, 1.165) is 40.9 Å². The number of carboxylic acid groups (broad SMARTS) is 1. The van der Waals surface area contributed by atoms with Crippen LogP contribution in [0.15, 0.2) is 24.3 Å². The number of carbonyl (C=O) groups is 2. The van der Waals surface area contributed by atoms with Gasteiger partial charge < -0.3 is 31.5 Å². The normalized spacial score (nSPS) is 13.2. The third-order valence-electron chi connectivity index (χ3n) is 5.82. The number of aromatic nitrogens is 1. The van der Waals surface area contributed by atoms with E-state index in [9.17, 15) is 9.59 Å². The first-order chi connectivity index (χ1) is 16.5. The molecule has 35 heavy (non-hydrogen) atoms. The molecule has 1 unspecified atom stereocenters. The molecule has 0 spiro atoms. The maximum atomic E-state index is 11.9. The summed E-state index contributed by atoms with van der Waals surface area (Å²) in [5.41, 5.74) is 8.31. The summed E-state index contributed by atoms with van der Waals surface area (Å²) < 4.78 is 5.48. The van der Waals surface area contributed by atoms with Crippen LogP contribution in [0.1, 0.15) is 65.5 Å². The summed E-state index contributed by atoms with van der Waals surface area (Å²) in [6.07, 6.45) is 3.43. The molecule has 194 valence electrons. The third kappa shape index (κ3) is 9.24. The summed E-state index contributed by atoms with van der Waals surface area (Å²) in [5.74, 6) is -0.217. The van der Waals surface area contributed by atoms with Gasteiger partial charge in [-0.15, -0.1) is 0 Å². The average molecular weight is 488 g/mol. The van der Waals surface area contributed by atoms with Crippen molar-refractivity contribution < 1.29 is 19.4 Å². The van der Waals surface area contributed by atoms with Crippen LogP contribution >= 0.6 is 0 Å². The van der Waals surface area contributed by atoms with E-state index < -0.39 is 12.0 Å². The third-order valence-corrected chi connectivity index (χ3v) is 5.82. The van der Waals surface area contributed by atoms with E-state index in [2.05, 4.69) is 55.8 Å². The lowest BCUT2D eigenvalue weighted by atomic mass is 9.91. The fraction of sp³-hybridized carbons (Fsp3) is 0.577. The monoisotopic (exact) mass is 487 g/mol. The number of fused-ring (bicyclic) bond motifs is 1. The van der Waals surface area contributed by atoms with E-state index >= 15 is 0 Å². The maximum Gasteiger partial charge on any atom is 0.320 e. The molecule has 1 heterocycles. The molecule has 9 heteroatoms. The molecule has 0 radical (unpaired) electrons. The van der Waals surface area contributed by atoms with Gasteiger partial charge in [-0.25, -0.2) is 4.79 Å². The first-order valence-electron chi connectivity index (χ1n) is 12.3. The van der Waals surface area contributed by atoms with Crippen LogP contribution in [0.2, 0.25) is 0 Å². The molecule has 2 amide bonds. The summed E-state index contributed by atoms with van der Waals surface area (Å²) in [5, 5.41) is 19.0. The van der Waals surface area contributed by atoms with Gasteiger partial charge in [-0.3, -0.25) is 9.78 Å². The summed E-state index contributed by atoms with van der Waals surface area (Å²) in [6, 6.07) is 7.24. The van der Waals surface area contributed by atoms with Crippen molar-refractivity contribution >= 4 is 28.6 Å². The van der Waals surface area contributed by atoms with Crippen molar-refractivity contribution in [3.05, 3.63) is 30.0 Å².